The van der Waals surface area contributed by atoms with Crippen LogP contribution in [0, 0.1) is 0 Å². The first-order chi connectivity index (χ1) is 7.47. The number of carbonyl (C=O) groups is 3. The lowest BCUT2D eigenvalue weighted by Gasteiger charge is -2.02. The SMILES string of the molecule is CSCCC(N)C(=O)O.O=C1CNC(=O)N1. The predicted molar refractivity (Wildman–Crippen MR) is 60.2 cm³/mol. The van der Waals surface area contributed by atoms with Crippen molar-refractivity contribution in [3.05, 3.63) is 0 Å². The molecule has 1 fully saturated rings. The van der Waals surface area contributed by atoms with Gasteiger partial charge in [-0.1, -0.05) is 0 Å². The highest BCUT2D eigenvalue weighted by molar-refractivity contribution is 7.98. The maximum absolute atomic E-state index is 10.1. The highest BCUT2D eigenvalue weighted by atomic mass is 32.2. The molecule has 1 heterocycles. The number of rotatable bonds is 4. The zero-order chi connectivity index (χ0) is 12.6. The second kappa shape index (κ2) is 7.94. The van der Waals surface area contributed by atoms with E-state index < -0.39 is 18.0 Å². The molecule has 0 aromatic carbocycles. The number of carbonyl (C=O) groups excluding carboxylic acids is 2. The van der Waals surface area contributed by atoms with Crippen molar-refractivity contribution in [3.8, 4) is 0 Å². The third kappa shape index (κ3) is 7.07. The fourth-order valence-corrected chi connectivity index (χ4v) is 1.23. The largest absolute Gasteiger partial charge is 0.480 e. The number of hydrogen-bond donors (Lipinski definition) is 4. The summed E-state index contributed by atoms with van der Waals surface area (Å²) >= 11 is 1.60. The van der Waals surface area contributed by atoms with Crippen molar-refractivity contribution < 1.29 is 19.5 Å². The lowest BCUT2D eigenvalue weighted by molar-refractivity contribution is -0.138. The molecule has 0 aliphatic carbocycles. The van der Waals surface area contributed by atoms with E-state index in [1.165, 1.54) is 0 Å². The summed E-state index contributed by atoms with van der Waals surface area (Å²) in [5, 5.41) is 12.6. The number of urea groups is 1. The molecule has 92 valence electrons. The molecule has 0 aromatic heterocycles. The molecule has 7 nitrogen and oxygen atoms in total. The minimum absolute atomic E-state index is 0.124. The van der Waals surface area contributed by atoms with Crippen LogP contribution in [-0.4, -0.2) is 47.6 Å². The van der Waals surface area contributed by atoms with Gasteiger partial charge < -0.3 is 16.2 Å². The molecule has 16 heavy (non-hydrogen) atoms. The Morgan fingerprint density at radius 3 is 2.50 bits per heavy atom. The van der Waals surface area contributed by atoms with Gasteiger partial charge >= 0.3 is 12.0 Å². The third-order valence-electron chi connectivity index (χ3n) is 1.61. The molecule has 1 saturated heterocycles. The first-order valence-electron chi connectivity index (χ1n) is 4.52. The van der Waals surface area contributed by atoms with Crippen LogP contribution in [0.4, 0.5) is 4.79 Å². The topological polar surface area (TPSA) is 122 Å². The molecule has 1 rings (SSSR count). The van der Waals surface area contributed by atoms with Gasteiger partial charge in [-0.2, -0.15) is 11.8 Å². The summed E-state index contributed by atoms with van der Waals surface area (Å²) in [5.74, 6) is -0.359. The minimum atomic E-state index is -0.913. The van der Waals surface area contributed by atoms with Gasteiger partial charge in [0, 0.05) is 0 Å². The summed E-state index contributed by atoms with van der Waals surface area (Å²) in [6.07, 6.45) is 2.48. The van der Waals surface area contributed by atoms with Crippen molar-refractivity contribution in [2.45, 2.75) is 12.5 Å². The van der Waals surface area contributed by atoms with Crippen LogP contribution in [0.2, 0.25) is 0 Å². The van der Waals surface area contributed by atoms with Crippen LogP contribution in [0.1, 0.15) is 6.42 Å². The highest BCUT2D eigenvalue weighted by Crippen LogP contribution is 1.97. The fraction of sp³-hybridized carbons (Fsp3) is 0.625. The smallest absolute Gasteiger partial charge is 0.321 e. The van der Waals surface area contributed by atoms with E-state index in [4.69, 9.17) is 10.8 Å². The molecular formula is C8H15N3O4S. The second-order valence-electron chi connectivity index (χ2n) is 2.96. The monoisotopic (exact) mass is 249 g/mol. The Morgan fingerprint density at radius 1 is 1.62 bits per heavy atom. The van der Waals surface area contributed by atoms with Gasteiger partial charge in [0.15, 0.2) is 0 Å². The number of thioether (sulfide) groups is 1. The number of hydrogen-bond acceptors (Lipinski definition) is 5. The van der Waals surface area contributed by atoms with Gasteiger partial charge in [-0.05, 0) is 18.4 Å². The van der Waals surface area contributed by atoms with Gasteiger partial charge in [0.05, 0.1) is 6.54 Å². The summed E-state index contributed by atoms with van der Waals surface area (Å²) in [7, 11) is 0. The number of carboxylic acid groups (broad SMARTS) is 1. The standard InChI is InChI=1S/C5H11NO2S.C3H4N2O2/c1-9-3-2-4(6)5(7)8;6-2-1-4-3(7)5-2/h4H,2-3,6H2,1H3,(H,7,8);1H2,(H2,4,5,6,7). The van der Waals surface area contributed by atoms with Gasteiger partial charge in [-0.15, -0.1) is 0 Å². The molecule has 0 radical (unpaired) electrons. The first-order valence-corrected chi connectivity index (χ1v) is 5.91. The molecule has 1 aliphatic rings. The molecule has 1 unspecified atom stereocenters. The molecule has 0 bridgehead atoms. The Hall–Kier alpha value is -1.28. The number of nitrogens with one attached hydrogen (secondary N) is 2. The average molecular weight is 249 g/mol. The highest BCUT2D eigenvalue weighted by Gasteiger charge is 2.14. The maximum atomic E-state index is 10.1. The molecule has 3 amide bonds. The van der Waals surface area contributed by atoms with E-state index in [0.717, 1.165) is 5.75 Å². The van der Waals surface area contributed by atoms with Gasteiger partial charge in [-0.25, -0.2) is 4.79 Å². The molecule has 8 heteroatoms. The Kier molecular flexibility index (Phi) is 7.31. The summed E-state index contributed by atoms with van der Waals surface area (Å²) in [5.41, 5.74) is 5.19. The Bertz CT molecular complexity index is 258. The van der Waals surface area contributed by atoms with E-state index in [2.05, 4.69) is 5.32 Å². The van der Waals surface area contributed by atoms with Gasteiger partial charge in [-0.3, -0.25) is 14.9 Å². The molecule has 5 N–H and O–H groups in total. The molecule has 0 spiro atoms. The van der Waals surface area contributed by atoms with Crippen molar-refractivity contribution in [1.29, 1.82) is 0 Å². The van der Waals surface area contributed by atoms with Crippen LogP contribution in [0.25, 0.3) is 0 Å². The fourth-order valence-electron chi connectivity index (χ4n) is 0.744. The van der Waals surface area contributed by atoms with Crippen molar-refractivity contribution in [1.82, 2.24) is 10.6 Å². The van der Waals surface area contributed by atoms with Crippen LogP contribution in [-0.2, 0) is 9.59 Å². The molecule has 1 atom stereocenters. The maximum Gasteiger partial charge on any atom is 0.321 e. The van der Waals surface area contributed by atoms with E-state index in [1.54, 1.807) is 11.8 Å². The predicted octanol–water partition coefficient (Wildman–Crippen LogP) is -1.02. The van der Waals surface area contributed by atoms with Gasteiger partial charge in [0.2, 0.25) is 5.91 Å². The van der Waals surface area contributed by atoms with Crippen LogP contribution < -0.4 is 16.4 Å². The van der Waals surface area contributed by atoms with Crippen LogP contribution in [0.15, 0.2) is 0 Å². The zero-order valence-corrected chi connectivity index (χ0v) is 9.67. The average Bonchev–Trinajstić information content (AvgIpc) is 2.59. The summed E-state index contributed by atoms with van der Waals surface area (Å²) in [4.78, 5) is 30.1. The lowest BCUT2D eigenvalue weighted by Crippen LogP contribution is -2.30. The number of carboxylic acids is 1. The molecule has 0 saturated carbocycles. The van der Waals surface area contributed by atoms with Crippen LogP contribution >= 0.6 is 11.8 Å². The number of nitrogens with two attached hydrogens (primary N) is 1. The second-order valence-corrected chi connectivity index (χ2v) is 3.94. The molecular weight excluding hydrogens is 234 g/mol. The number of imide groups is 1. The number of amides is 3. The van der Waals surface area contributed by atoms with Crippen molar-refractivity contribution >= 4 is 29.7 Å². The van der Waals surface area contributed by atoms with E-state index in [0.29, 0.717) is 6.42 Å². The molecule has 1 aliphatic heterocycles. The summed E-state index contributed by atoms with van der Waals surface area (Å²) in [6.45, 7) is 0.124. The molecule has 0 aromatic rings. The minimum Gasteiger partial charge on any atom is -0.480 e. The Balaban J connectivity index is 0.000000288. The normalized spacial score (nSPS) is 15.6. The van der Waals surface area contributed by atoms with E-state index in [9.17, 15) is 14.4 Å². The Labute approximate surface area is 97.1 Å². The van der Waals surface area contributed by atoms with Crippen molar-refractivity contribution in [2.24, 2.45) is 5.73 Å². The van der Waals surface area contributed by atoms with E-state index >= 15 is 0 Å². The first kappa shape index (κ1) is 14.7. The van der Waals surface area contributed by atoms with Gasteiger partial charge in [0.25, 0.3) is 0 Å². The van der Waals surface area contributed by atoms with E-state index in [1.807, 2.05) is 11.6 Å². The van der Waals surface area contributed by atoms with Crippen molar-refractivity contribution in [3.63, 3.8) is 0 Å². The van der Waals surface area contributed by atoms with Crippen LogP contribution in [0.3, 0.4) is 0 Å². The van der Waals surface area contributed by atoms with Crippen molar-refractivity contribution in [2.75, 3.05) is 18.6 Å². The quantitative estimate of drug-likeness (QED) is 0.473. The number of aliphatic carboxylic acids is 1. The Morgan fingerprint density at radius 2 is 2.25 bits per heavy atom. The lowest BCUT2D eigenvalue weighted by atomic mass is 10.2. The zero-order valence-electron chi connectivity index (χ0n) is 8.86. The third-order valence-corrected chi connectivity index (χ3v) is 2.26. The summed E-state index contributed by atoms with van der Waals surface area (Å²) in [6, 6.07) is -1.08. The van der Waals surface area contributed by atoms with Gasteiger partial charge in [0.1, 0.15) is 6.04 Å². The van der Waals surface area contributed by atoms with E-state index in [-0.39, 0.29) is 12.5 Å². The van der Waals surface area contributed by atoms with Crippen LogP contribution in [0.5, 0.6) is 0 Å². The summed E-state index contributed by atoms with van der Waals surface area (Å²) < 4.78 is 0.